The van der Waals surface area contributed by atoms with Gasteiger partial charge in [-0.25, -0.2) is 4.98 Å². The van der Waals surface area contributed by atoms with Crippen molar-refractivity contribution in [2.75, 3.05) is 32.8 Å². The molecule has 1 saturated carbocycles. The third-order valence-electron chi connectivity index (χ3n) is 3.66. The first-order valence-corrected chi connectivity index (χ1v) is 8.93. The molecule has 1 atom stereocenters. The molecular formula is C17H27ClN4O2. The summed E-state index contributed by atoms with van der Waals surface area (Å²) in [7, 11) is 0. The highest BCUT2D eigenvalue weighted by Crippen LogP contribution is 2.28. The van der Waals surface area contributed by atoms with Crippen LogP contribution in [0.5, 0.6) is 0 Å². The van der Waals surface area contributed by atoms with Gasteiger partial charge in [0, 0.05) is 25.9 Å². The summed E-state index contributed by atoms with van der Waals surface area (Å²) in [6, 6.07) is 3.75. The standard InChI is InChI=1S/C17H27ClN4O2/c1-2-19-17(20-8-7-13-5-6-16(18)21-9-13)22-10-15(23)12-24-11-14-3-4-14/h5-6,9,14-15,23H,2-4,7-8,10-12H2,1H3,(H2,19,20,22). The van der Waals surface area contributed by atoms with Crippen LogP contribution in [0.1, 0.15) is 25.3 Å². The van der Waals surface area contributed by atoms with Crippen molar-refractivity contribution in [3.63, 3.8) is 0 Å². The number of aliphatic hydroxyl groups is 1. The molecule has 3 N–H and O–H groups in total. The second kappa shape index (κ2) is 10.5. The minimum Gasteiger partial charge on any atom is -0.389 e. The maximum absolute atomic E-state index is 9.92. The van der Waals surface area contributed by atoms with E-state index in [1.807, 2.05) is 13.0 Å². The molecule has 0 spiro atoms. The first-order valence-electron chi connectivity index (χ1n) is 8.55. The zero-order valence-electron chi connectivity index (χ0n) is 14.2. The molecule has 0 saturated heterocycles. The number of aromatic nitrogens is 1. The average Bonchev–Trinajstić information content (AvgIpc) is 3.39. The van der Waals surface area contributed by atoms with Gasteiger partial charge in [-0.05, 0) is 43.7 Å². The summed E-state index contributed by atoms with van der Waals surface area (Å²) < 4.78 is 5.48. The van der Waals surface area contributed by atoms with Crippen LogP contribution in [-0.2, 0) is 11.2 Å². The van der Waals surface area contributed by atoms with Crippen LogP contribution in [0.25, 0.3) is 0 Å². The van der Waals surface area contributed by atoms with Gasteiger partial charge in [-0.2, -0.15) is 0 Å². The first-order chi connectivity index (χ1) is 11.7. The van der Waals surface area contributed by atoms with Crippen molar-refractivity contribution >= 4 is 17.6 Å². The lowest BCUT2D eigenvalue weighted by Crippen LogP contribution is -2.39. The maximum atomic E-state index is 9.92. The molecule has 1 aliphatic carbocycles. The van der Waals surface area contributed by atoms with Crippen molar-refractivity contribution in [2.24, 2.45) is 10.9 Å². The molecule has 24 heavy (non-hydrogen) atoms. The van der Waals surface area contributed by atoms with Crippen LogP contribution in [0, 0.1) is 5.92 Å². The van der Waals surface area contributed by atoms with Crippen molar-refractivity contribution in [1.29, 1.82) is 0 Å². The molecule has 1 heterocycles. The lowest BCUT2D eigenvalue weighted by Gasteiger charge is -2.13. The van der Waals surface area contributed by atoms with E-state index in [9.17, 15) is 5.11 Å². The molecule has 0 aliphatic heterocycles. The van der Waals surface area contributed by atoms with Gasteiger partial charge in [0.15, 0.2) is 5.96 Å². The number of hydrogen-bond donors (Lipinski definition) is 3. The summed E-state index contributed by atoms with van der Waals surface area (Å²) in [6.07, 6.45) is 4.54. The number of ether oxygens (including phenoxy) is 1. The molecule has 6 nitrogen and oxygen atoms in total. The highest BCUT2D eigenvalue weighted by Gasteiger charge is 2.21. The van der Waals surface area contributed by atoms with Gasteiger partial charge in [0.25, 0.3) is 0 Å². The van der Waals surface area contributed by atoms with E-state index in [4.69, 9.17) is 16.3 Å². The molecule has 1 aromatic rings. The molecule has 0 amide bonds. The van der Waals surface area contributed by atoms with Gasteiger partial charge >= 0.3 is 0 Å². The van der Waals surface area contributed by atoms with Gasteiger partial charge < -0.3 is 20.5 Å². The zero-order valence-corrected chi connectivity index (χ0v) is 14.9. The van der Waals surface area contributed by atoms with Crippen molar-refractivity contribution in [1.82, 2.24) is 15.6 Å². The SMILES string of the molecule is CCNC(=NCC(O)COCC1CC1)NCCc1ccc(Cl)nc1. The number of guanidine groups is 1. The van der Waals surface area contributed by atoms with E-state index in [0.717, 1.165) is 31.7 Å². The molecule has 1 fully saturated rings. The Bertz CT molecular complexity index is 506. The van der Waals surface area contributed by atoms with Gasteiger partial charge in [-0.1, -0.05) is 17.7 Å². The predicted octanol–water partition coefficient (Wildman–Crippen LogP) is 1.62. The third kappa shape index (κ3) is 7.95. The maximum Gasteiger partial charge on any atom is 0.191 e. The molecule has 1 aromatic heterocycles. The lowest BCUT2D eigenvalue weighted by molar-refractivity contribution is 0.0368. The predicted molar refractivity (Wildman–Crippen MR) is 96.5 cm³/mol. The van der Waals surface area contributed by atoms with Crippen LogP contribution >= 0.6 is 11.6 Å². The Morgan fingerprint density at radius 2 is 2.29 bits per heavy atom. The first kappa shape index (κ1) is 19.0. The number of aliphatic imine (C=N–C) groups is 1. The zero-order chi connectivity index (χ0) is 17.2. The van der Waals surface area contributed by atoms with Crippen LogP contribution < -0.4 is 10.6 Å². The van der Waals surface area contributed by atoms with Crippen LogP contribution in [-0.4, -0.2) is 55.0 Å². The van der Waals surface area contributed by atoms with Gasteiger partial charge in [0.1, 0.15) is 5.15 Å². The Labute approximate surface area is 148 Å². The minimum absolute atomic E-state index is 0.322. The number of hydrogen-bond acceptors (Lipinski definition) is 4. The summed E-state index contributed by atoms with van der Waals surface area (Å²) in [5.41, 5.74) is 1.11. The summed E-state index contributed by atoms with van der Waals surface area (Å²) in [6.45, 7) is 4.92. The second-order valence-electron chi connectivity index (χ2n) is 6.02. The second-order valence-corrected chi connectivity index (χ2v) is 6.41. The van der Waals surface area contributed by atoms with Crippen molar-refractivity contribution in [2.45, 2.75) is 32.3 Å². The number of nitrogens with one attached hydrogen (secondary N) is 2. The molecule has 1 unspecified atom stereocenters. The number of nitrogens with zero attached hydrogens (tertiary/aromatic N) is 2. The normalized spacial score (nSPS) is 16.0. The average molecular weight is 355 g/mol. The molecule has 0 bridgehead atoms. The van der Waals surface area contributed by atoms with E-state index in [2.05, 4.69) is 20.6 Å². The largest absolute Gasteiger partial charge is 0.389 e. The fourth-order valence-corrected chi connectivity index (χ4v) is 2.24. The van der Waals surface area contributed by atoms with Crippen molar-refractivity contribution in [3.8, 4) is 0 Å². The fraction of sp³-hybridized carbons (Fsp3) is 0.647. The number of rotatable bonds is 10. The quantitative estimate of drug-likeness (QED) is 0.338. The molecule has 134 valence electrons. The Morgan fingerprint density at radius 3 is 2.96 bits per heavy atom. The Hall–Kier alpha value is -1.37. The molecule has 1 aliphatic rings. The van der Waals surface area contributed by atoms with E-state index in [-0.39, 0.29) is 0 Å². The monoisotopic (exact) mass is 354 g/mol. The Balaban J connectivity index is 1.67. The van der Waals surface area contributed by atoms with E-state index in [0.29, 0.717) is 30.2 Å². The van der Waals surface area contributed by atoms with Crippen molar-refractivity contribution < 1.29 is 9.84 Å². The molecular weight excluding hydrogens is 328 g/mol. The van der Waals surface area contributed by atoms with Gasteiger partial charge in [0.2, 0.25) is 0 Å². The number of halogens is 1. The number of pyridine rings is 1. The third-order valence-corrected chi connectivity index (χ3v) is 3.88. The molecule has 0 aromatic carbocycles. The van der Waals surface area contributed by atoms with Crippen LogP contribution in [0.4, 0.5) is 0 Å². The summed E-state index contributed by atoms with van der Waals surface area (Å²) in [5.74, 6) is 1.41. The number of aliphatic hydroxyl groups excluding tert-OH is 1. The fourth-order valence-electron chi connectivity index (χ4n) is 2.13. The molecule has 2 rings (SSSR count). The lowest BCUT2D eigenvalue weighted by atomic mass is 10.2. The van der Waals surface area contributed by atoms with Crippen molar-refractivity contribution in [3.05, 3.63) is 29.0 Å². The Kier molecular flexibility index (Phi) is 8.28. The summed E-state index contributed by atoms with van der Waals surface area (Å²) in [5, 5.41) is 16.8. The van der Waals surface area contributed by atoms with E-state index in [1.165, 1.54) is 12.8 Å². The molecule has 0 radical (unpaired) electrons. The highest BCUT2D eigenvalue weighted by molar-refractivity contribution is 6.29. The smallest absolute Gasteiger partial charge is 0.191 e. The van der Waals surface area contributed by atoms with E-state index >= 15 is 0 Å². The van der Waals surface area contributed by atoms with Crippen LogP contribution in [0.2, 0.25) is 5.15 Å². The summed E-state index contributed by atoms with van der Waals surface area (Å²) in [4.78, 5) is 8.46. The van der Waals surface area contributed by atoms with Crippen LogP contribution in [0.15, 0.2) is 23.3 Å². The van der Waals surface area contributed by atoms with Gasteiger partial charge in [-0.15, -0.1) is 0 Å². The van der Waals surface area contributed by atoms with Gasteiger partial charge in [-0.3, -0.25) is 4.99 Å². The molecule has 7 heteroatoms. The highest BCUT2D eigenvalue weighted by atomic mass is 35.5. The Morgan fingerprint density at radius 1 is 1.46 bits per heavy atom. The summed E-state index contributed by atoms with van der Waals surface area (Å²) >= 11 is 5.78. The van der Waals surface area contributed by atoms with Crippen LogP contribution in [0.3, 0.4) is 0 Å². The minimum atomic E-state index is -0.570. The topological polar surface area (TPSA) is 78.8 Å². The van der Waals surface area contributed by atoms with E-state index in [1.54, 1.807) is 12.3 Å². The van der Waals surface area contributed by atoms with Gasteiger partial charge in [0.05, 0.1) is 19.3 Å². The van der Waals surface area contributed by atoms with E-state index < -0.39 is 6.10 Å².